The van der Waals surface area contributed by atoms with E-state index < -0.39 is 0 Å². The van der Waals surface area contributed by atoms with Crippen LogP contribution in [0.3, 0.4) is 0 Å². The van der Waals surface area contributed by atoms with Crippen molar-refractivity contribution in [2.45, 2.75) is 26.2 Å². The zero-order chi connectivity index (χ0) is 15.6. The molecule has 0 amide bonds. The molecular weight excluding hydrogens is 264 g/mol. The summed E-state index contributed by atoms with van der Waals surface area (Å²) in [4.78, 5) is 0. The second-order valence-corrected chi connectivity index (χ2v) is 6.74. The molecule has 3 aromatic rings. The average Bonchev–Trinajstić information content (AvgIpc) is 2.55. The minimum Gasteiger partial charge on any atom is -0.0622 e. The summed E-state index contributed by atoms with van der Waals surface area (Å²) >= 11 is 0. The molecule has 0 nitrogen and oxygen atoms in total. The van der Waals surface area contributed by atoms with Crippen LogP contribution in [0, 0.1) is 0 Å². The van der Waals surface area contributed by atoms with Crippen LogP contribution in [0.25, 0.3) is 22.3 Å². The standard InChI is InChI=1S/C22H22/c1-22(2,3)21-16-19(17-10-6-4-7-11-17)14-15-20(21)18-12-8-5-9-13-18/h4-16H,1-3H3. The van der Waals surface area contributed by atoms with Crippen LogP contribution in [0.15, 0.2) is 78.9 Å². The highest BCUT2D eigenvalue weighted by molar-refractivity contribution is 5.74. The van der Waals surface area contributed by atoms with E-state index in [4.69, 9.17) is 0 Å². The predicted octanol–water partition coefficient (Wildman–Crippen LogP) is 6.32. The summed E-state index contributed by atoms with van der Waals surface area (Å²) < 4.78 is 0. The molecule has 0 radical (unpaired) electrons. The summed E-state index contributed by atoms with van der Waals surface area (Å²) in [6.45, 7) is 6.84. The van der Waals surface area contributed by atoms with E-state index in [1.165, 1.54) is 27.8 Å². The highest BCUT2D eigenvalue weighted by atomic mass is 14.2. The van der Waals surface area contributed by atoms with Gasteiger partial charge in [-0.25, -0.2) is 0 Å². The molecule has 22 heavy (non-hydrogen) atoms. The average molecular weight is 286 g/mol. The van der Waals surface area contributed by atoms with Crippen LogP contribution in [-0.2, 0) is 5.41 Å². The fourth-order valence-corrected chi connectivity index (χ4v) is 2.84. The number of rotatable bonds is 2. The van der Waals surface area contributed by atoms with Gasteiger partial charge in [-0.3, -0.25) is 0 Å². The first-order valence-corrected chi connectivity index (χ1v) is 7.81. The Hall–Kier alpha value is -2.34. The van der Waals surface area contributed by atoms with Crippen LogP contribution in [0.1, 0.15) is 26.3 Å². The molecular formula is C22H22. The molecule has 0 saturated heterocycles. The summed E-state index contributed by atoms with van der Waals surface area (Å²) in [7, 11) is 0. The van der Waals surface area contributed by atoms with Gasteiger partial charge in [0.25, 0.3) is 0 Å². The SMILES string of the molecule is CC(C)(C)c1cc(-c2ccccc2)ccc1-c1ccccc1. The van der Waals surface area contributed by atoms with Crippen molar-refractivity contribution < 1.29 is 0 Å². The first-order chi connectivity index (χ1) is 10.6. The Morgan fingerprint density at radius 3 is 1.64 bits per heavy atom. The number of hydrogen-bond acceptors (Lipinski definition) is 0. The lowest BCUT2D eigenvalue weighted by atomic mass is 9.80. The zero-order valence-electron chi connectivity index (χ0n) is 13.5. The van der Waals surface area contributed by atoms with Crippen LogP contribution >= 0.6 is 0 Å². The van der Waals surface area contributed by atoms with Gasteiger partial charge in [0.1, 0.15) is 0 Å². The lowest BCUT2D eigenvalue weighted by molar-refractivity contribution is 0.592. The predicted molar refractivity (Wildman–Crippen MR) is 96.0 cm³/mol. The first-order valence-electron chi connectivity index (χ1n) is 7.81. The molecule has 110 valence electrons. The van der Waals surface area contributed by atoms with Gasteiger partial charge in [0, 0.05) is 0 Å². The van der Waals surface area contributed by atoms with Crippen molar-refractivity contribution >= 4 is 0 Å². The number of benzene rings is 3. The summed E-state index contributed by atoms with van der Waals surface area (Å²) in [6, 6.07) is 28.1. The molecule has 0 spiro atoms. The minimum atomic E-state index is 0.107. The quantitative estimate of drug-likeness (QED) is 0.517. The molecule has 0 bridgehead atoms. The van der Waals surface area contributed by atoms with Crippen molar-refractivity contribution in [3.8, 4) is 22.3 Å². The van der Waals surface area contributed by atoms with Gasteiger partial charge in [0.2, 0.25) is 0 Å². The summed E-state index contributed by atoms with van der Waals surface area (Å²) in [6.07, 6.45) is 0. The highest BCUT2D eigenvalue weighted by Crippen LogP contribution is 2.36. The Bertz CT molecular complexity index is 747. The fourth-order valence-electron chi connectivity index (χ4n) is 2.84. The molecule has 0 unspecified atom stereocenters. The van der Waals surface area contributed by atoms with Gasteiger partial charge in [-0.2, -0.15) is 0 Å². The van der Waals surface area contributed by atoms with Crippen molar-refractivity contribution in [2.75, 3.05) is 0 Å². The lowest BCUT2D eigenvalue weighted by Crippen LogP contribution is -2.13. The van der Waals surface area contributed by atoms with Crippen LogP contribution < -0.4 is 0 Å². The van der Waals surface area contributed by atoms with E-state index in [9.17, 15) is 0 Å². The normalized spacial score (nSPS) is 11.4. The van der Waals surface area contributed by atoms with Gasteiger partial charge >= 0.3 is 0 Å². The van der Waals surface area contributed by atoms with Crippen LogP contribution in [0.4, 0.5) is 0 Å². The molecule has 0 N–H and O–H groups in total. The Morgan fingerprint density at radius 1 is 0.545 bits per heavy atom. The van der Waals surface area contributed by atoms with Gasteiger partial charge in [-0.15, -0.1) is 0 Å². The Kier molecular flexibility index (Phi) is 3.85. The summed E-state index contributed by atoms with van der Waals surface area (Å²) in [5, 5.41) is 0. The molecule has 0 heteroatoms. The molecule has 0 aliphatic rings. The molecule has 0 fully saturated rings. The van der Waals surface area contributed by atoms with Gasteiger partial charge in [-0.05, 0) is 33.2 Å². The highest BCUT2D eigenvalue weighted by Gasteiger charge is 2.19. The fraction of sp³-hybridized carbons (Fsp3) is 0.182. The van der Waals surface area contributed by atoms with Gasteiger partial charge < -0.3 is 0 Å². The van der Waals surface area contributed by atoms with Gasteiger partial charge in [-0.1, -0.05) is 99.6 Å². The van der Waals surface area contributed by atoms with E-state index >= 15 is 0 Å². The molecule has 0 aliphatic carbocycles. The van der Waals surface area contributed by atoms with Crippen molar-refractivity contribution in [2.24, 2.45) is 0 Å². The van der Waals surface area contributed by atoms with Crippen LogP contribution in [0.2, 0.25) is 0 Å². The lowest BCUT2D eigenvalue weighted by Gasteiger charge is -2.24. The Labute approximate surface area is 133 Å². The molecule has 0 saturated carbocycles. The molecule has 0 atom stereocenters. The largest absolute Gasteiger partial charge is 0.0622 e. The smallest absolute Gasteiger partial charge is 0.0125 e. The maximum absolute atomic E-state index is 2.34. The molecule has 0 aromatic heterocycles. The summed E-state index contributed by atoms with van der Waals surface area (Å²) in [5.41, 5.74) is 6.66. The minimum absolute atomic E-state index is 0.107. The van der Waals surface area contributed by atoms with E-state index in [1.54, 1.807) is 0 Å². The van der Waals surface area contributed by atoms with Crippen LogP contribution in [0.5, 0.6) is 0 Å². The van der Waals surface area contributed by atoms with E-state index in [0.717, 1.165) is 0 Å². The van der Waals surface area contributed by atoms with Crippen molar-refractivity contribution in [1.29, 1.82) is 0 Å². The van der Waals surface area contributed by atoms with E-state index in [0.29, 0.717) is 0 Å². The molecule has 3 rings (SSSR count). The Morgan fingerprint density at radius 2 is 1.09 bits per heavy atom. The zero-order valence-corrected chi connectivity index (χ0v) is 13.5. The monoisotopic (exact) mass is 286 g/mol. The maximum Gasteiger partial charge on any atom is -0.0125 e. The van der Waals surface area contributed by atoms with Crippen LogP contribution in [-0.4, -0.2) is 0 Å². The topological polar surface area (TPSA) is 0 Å². The van der Waals surface area contributed by atoms with E-state index in [2.05, 4.69) is 99.6 Å². The second-order valence-electron chi connectivity index (χ2n) is 6.74. The van der Waals surface area contributed by atoms with E-state index in [1.807, 2.05) is 0 Å². The van der Waals surface area contributed by atoms with Crippen molar-refractivity contribution in [1.82, 2.24) is 0 Å². The third kappa shape index (κ3) is 2.96. The molecule has 3 aromatic carbocycles. The van der Waals surface area contributed by atoms with Gasteiger partial charge in [0.15, 0.2) is 0 Å². The summed E-state index contributed by atoms with van der Waals surface area (Å²) in [5.74, 6) is 0. The Balaban J connectivity index is 2.17. The molecule has 0 heterocycles. The van der Waals surface area contributed by atoms with E-state index in [-0.39, 0.29) is 5.41 Å². The van der Waals surface area contributed by atoms with Gasteiger partial charge in [0.05, 0.1) is 0 Å². The third-order valence-corrected chi connectivity index (χ3v) is 4.02. The second kappa shape index (κ2) is 5.81. The van der Waals surface area contributed by atoms with Crippen molar-refractivity contribution in [3.63, 3.8) is 0 Å². The molecule has 0 aliphatic heterocycles. The first kappa shape index (κ1) is 14.6. The third-order valence-electron chi connectivity index (χ3n) is 4.02. The number of hydrogen-bond donors (Lipinski definition) is 0. The maximum atomic E-state index is 2.34. The van der Waals surface area contributed by atoms with Crippen molar-refractivity contribution in [3.05, 3.63) is 84.4 Å².